The summed E-state index contributed by atoms with van der Waals surface area (Å²) in [7, 11) is 1.47. The van der Waals surface area contributed by atoms with E-state index >= 15 is 0 Å². The van der Waals surface area contributed by atoms with E-state index in [4.69, 9.17) is 4.74 Å². The van der Waals surface area contributed by atoms with Crippen molar-refractivity contribution in [2.45, 2.75) is 31.8 Å². The quantitative estimate of drug-likeness (QED) is 0.178. The van der Waals surface area contributed by atoms with E-state index < -0.39 is 46.3 Å². The van der Waals surface area contributed by atoms with Crippen molar-refractivity contribution in [2.75, 3.05) is 26.7 Å². The third-order valence-corrected chi connectivity index (χ3v) is 7.22. The fraction of sp³-hybridized carbons (Fsp3) is 0.357. The highest BCUT2D eigenvalue weighted by Crippen LogP contribution is 2.40. The van der Waals surface area contributed by atoms with E-state index in [1.165, 1.54) is 7.11 Å². The molecule has 39 heavy (non-hydrogen) atoms. The van der Waals surface area contributed by atoms with Crippen LogP contribution in [-0.4, -0.2) is 52.8 Å². The molecular weight excluding hydrogens is 518 g/mol. The molecule has 0 radical (unpaired) electrons. The first-order valence-electron chi connectivity index (χ1n) is 12.3. The molecule has 7 nitrogen and oxygen atoms in total. The number of likely N-dealkylation sites (tertiary alicyclic amines) is 1. The molecule has 1 aliphatic rings. The van der Waals surface area contributed by atoms with Gasteiger partial charge in [0.25, 0.3) is 0 Å². The number of halogens is 4. The van der Waals surface area contributed by atoms with Gasteiger partial charge in [-0.3, -0.25) is 19.9 Å². The second-order valence-electron chi connectivity index (χ2n) is 9.50. The Labute approximate surface area is 222 Å². The standard InChI is InChI=1S/C28H27F4N3O4/c1-39-18-4-5-24-20(15-18)26(23(32)16-33-24)25(36)6-7-28(27(37)34-38)8-11-35(12-9-28)10-2-3-19-21(30)13-17(29)14-22(19)31/h4-5,13-16,25,36,38H,6-12H2,1H3,(H,34,37)/t25-/m1/s1. The minimum Gasteiger partial charge on any atom is -0.497 e. The van der Waals surface area contributed by atoms with E-state index in [0.29, 0.717) is 54.7 Å². The van der Waals surface area contributed by atoms with Gasteiger partial charge in [-0.05, 0) is 43.9 Å². The van der Waals surface area contributed by atoms with Crippen LogP contribution in [0.4, 0.5) is 17.6 Å². The van der Waals surface area contributed by atoms with Gasteiger partial charge in [-0.25, -0.2) is 23.0 Å². The summed E-state index contributed by atoms with van der Waals surface area (Å²) in [6.07, 6.45) is 0.548. The lowest BCUT2D eigenvalue weighted by Crippen LogP contribution is -2.48. The predicted molar refractivity (Wildman–Crippen MR) is 134 cm³/mol. The first-order valence-corrected chi connectivity index (χ1v) is 12.3. The smallest absolute Gasteiger partial charge is 0.249 e. The molecule has 1 saturated heterocycles. The summed E-state index contributed by atoms with van der Waals surface area (Å²) in [5, 5.41) is 20.8. The van der Waals surface area contributed by atoms with Crippen molar-refractivity contribution in [3.8, 4) is 17.6 Å². The minimum atomic E-state index is -1.25. The molecule has 1 atom stereocenters. The fourth-order valence-corrected chi connectivity index (χ4v) is 4.94. The molecule has 11 heteroatoms. The molecule has 3 aromatic rings. The van der Waals surface area contributed by atoms with Crippen molar-refractivity contribution < 1.29 is 37.4 Å². The van der Waals surface area contributed by atoms with Crippen LogP contribution >= 0.6 is 0 Å². The van der Waals surface area contributed by atoms with Crippen molar-refractivity contribution in [1.29, 1.82) is 0 Å². The van der Waals surface area contributed by atoms with Gasteiger partial charge in [0.1, 0.15) is 29.0 Å². The highest BCUT2D eigenvalue weighted by molar-refractivity contribution is 5.84. The first-order chi connectivity index (χ1) is 18.7. The fourth-order valence-electron chi connectivity index (χ4n) is 4.94. The Hall–Kier alpha value is -3.72. The largest absolute Gasteiger partial charge is 0.497 e. The molecule has 1 fully saturated rings. The van der Waals surface area contributed by atoms with E-state index in [1.807, 2.05) is 4.90 Å². The number of nitrogens with one attached hydrogen (secondary N) is 1. The number of hydrogen-bond donors (Lipinski definition) is 3. The lowest BCUT2D eigenvalue weighted by atomic mass is 9.73. The number of aliphatic hydroxyl groups is 1. The summed E-state index contributed by atoms with van der Waals surface area (Å²) in [6, 6.07) is 6.03. The van der Waals surface area contributed by atoms with Gasteiger partial charge < -0.3 is 9.84 Å². The van der Waals surface area contributed by atoms with Gasteiger partial charge in [-0.1, -0.05) is 11.8 Å². The second-order valence-corrected chi connectivity index (χ2v) is 9.50. The molecule has 0 unspecified atom stereocenters. The van der Waals surface area contributed by atoms with Crippen LogP contribution in [0.2, 0.25) is 0 Å². The van der Waals surface area contributed by atoms with Crippen LogP contribution in [0.5, 0.6) is 5.75 Å². The summed E-state index contributed by atoms with van der Waals surface area (Å²) in [6.45, 7) is 0.887. The van der Waals surface area contributed by atoms with Gasteiger partial charge in [0.15, 0.2) is 0 Å². The number of pyridine rings is 1. The maximum Gasteiger partial charge on any atom is 0.249 e. The Morgan fingerprint density at radius 2 is 1.85 bits per heavy atom. The van der Waals surface area contributed by atoms with E-state index in [2.05, 4.69) is 16.8 Å². The van der Waals surface area contributed by atoms with Gasteiger partial charge in [0.05, 0.1) is 42.5 Å². The van der Waals surface area contributed by atoms with E-state index in [-0.39, 0.29) is 24.9 Å². The zero-order valence-corrected chi connectivity index (χ0v) is 21.1. The van der Waals surface area contributed by atoms with Crippen LogP contribution in [-0.2, 0) is 4.79 Å². The molecule has 3 N–H and O–H groups in total. The second kappa shape index (κ2) is 12.0. The number of ether oxygens (including phenoxy) is 1. The minimum absolute atomic E-state index is 0.0313. The van der Waals surface area contributed by atoms with Gasteiger partial charge in [0, 0.05) is 36.2 Å². The summed E-state index contributed by atoms with van der Waals surface area (Å²) in [5.41, 5.74) is 0.674. The molecule has 0 aliphatic carbocycles. The molecule has 1 amide bonds. The topological polar surface area (TPSA) is 94.9 Å². The molecule has 206 valence electrons. The third-order valence-electron chi connectivity index (χ3n) is 7.22. The van der Waals surface area contributed by atoms with Crippen LogP contribution < -0.4 is 10.2 Å². The summed E-state index contributed by atoms with van der Waals surface area (Å²) < 4.78 is 60.7. The zero-order valence-electron chi connectivity index (χ0n) is 21.1. The molecule has 2 heterocycles. The van der Waals surface area contributed by atoms with Crippen molar-refractivity contribution in [1.82, 2.24) is 15.4 Å². The monoisotopic (exact) mass is 545 g/mol. The van der Waals surface area contributed by atoms with Crippen molar-refractivity contribution in [2.24, 2.45) is 5.41 Å². The predicted octanol–water partition coefficient (Wildman–Crippen LogP) is 4.25. The number of piperidine rings is 1. The maximum atomic E-state index is 14.8. The SMILES string of the molecule is COc1ccc2ncc(F)c([C@H](O)CCC3(C(=O)NO)CCN(CC#Cc4c(F)cc(F)cc4F)CC3)c2c1. The van der Waals surface area contributed by atoms with Gasteiger partial charge >= 0.3 is 0 Å². The van der Waals surface area contributed by atoms with Gasteiger partial charge in [-0.2, -0.15) is 0 Å². The average Bonchev–Trinajstić information content (AvgIpc) is 2.93. The number of amides is 1. The number of nitrogens with zero attached hydrogens (tertiary/aromatic N) is 2. The number of carbonyl (C=O) groups is 1. The van der Waals surface area contributed by atoms with Crippen LogP contribution in [0.1, 0.15) is 42.9 Å². The normalized spacial score (nSPS) is 15.9. The van der Waals surface area contributed by atoms with Crippen LogP contribution in [0.25, 0.3) is 10.9 Å². The average molecular weight is 546 g/mol. The molecule has 2 aromatic carbocycles. The Morgan fingerprint density at radius 3 is 2.49 bits per heavy atom. The van der Waals surface area contributed by atoms with Gasteiger partial charge in [0.2, 0.25) is 5.91 Å². The number of rotatable bonds is 7. The summed E-state index contributed by atoms with van der Waals surface area (Å²) in [5.74, 6) is 1.02. The number of benzene rings is 2. The molecule has 1 aliphatic heterocycles. The Kier molecular flexibility index (Phi) is 8.70. The highest BCUT2D eigenvalue weighted by Gasteiger charge is 2.41. The number of aliphatic hydroxyl groups excluding tert-OH is 1. The van der Waals surface area contributed by atoms with Gasteiger partial charge in [-0.15, -0.1) is 0 Å². The molecule has 0 bridgehead atoms. The van der Waals surface area contributed by atoms with E-state index in [9.17, 15) is 32.7 Å². The number of fused-ring (bicyclic) bond motifs is 1. The molecule has 0 saturated carbocycles. The lowest BCUT2D eigenvalue weighted by molar-refractivity contribution is -0.143. The molecule has 4 rings (SSSR count). The summed E-state index contributed by atoms with van der Waals surface area (Å²) >= 11 is 0. The van der Waals surface area contributed by atoms with Crippen LogP contribution in [0, 0.1) is 40.5 Å². The Bertz CT molecular complexity index is 1410. The third kappa shape index (κ3) is 6.14. The van der Waals surface area contributed by atoms with Crippen LogP contribution in [0.15, 0.2) is 36.5 Å². The number of methoxy groups -OCH3 is 1. The summed E-state index contributed by atoms with van der Waals surface area (Å²) in [4.78, 5) is 18.6. The number of hydrogen-bond acceptors (Lipinski definition) is 6. The lowest BCUT2D eigenvalue weighted by Gasteiger charge is -2.40. The maximum absolute atomic E-state index is 14.8. The first kappa shape index (κ1) is 28.3. The highest BCUT2D eigenvalue weighted by atomic mass is 19.1. The Morgan fingerprint density at radius 1 is 1.15 bits per heavy atom. The molecular formula is C28H27F4N3O4. The number of aromatic nitrogens is 1. The van der Waals surface area contributed by atoms with Crippen molar-refractivity contribution in [3.63, 3.8) is 0 Å². The van der Waals surface area contributed by atoms with Crippen molar-refractivity contribution >= 4 is 16.8 Å². The number of hydroxylamine groups is 1. The molecule has 0 spiro atoms. The zero-order chi connectivity index (χ0) is 28.2. The number of carbonyl (C=O) groups excluding carboxylic acids is 1. The van der Waals surface area contributed by atoms with E-state index in [0.717, 1.165) is 6.20 Å². The van der Waals surface area contributed by atoms with Crippen LogP contribution in [0.3, 0.4) is 0 Å². The van der Waals surface area contributed by atoms with Crippen molar-refractivity contribution in [3.05, 3.63) is 70.9 Å². The van der Waals surface area contributed by atoms with E-state index in [1.54, 1.807) is 23.7 Å². The molecule has 1 aromatic heterocycles. The Balaban J connectivity index is 1.45.